The molecule has 3 rings (SSSR count). The largest absolute Gasteiger partial charge is 0.457 e. The van der Waals surface area contributed by atoms with E-state index in [1.54, 1.807) is 24.3 Å². The van der Waals surface area contributed by atoms with Gasteiger partial charge in [-0.1, -0.05) is 17.7 Å². The predicted molar refractivity (Wildman–Crippen MR) is 105 cm³/mol. The van der Waals surface area contributed by atoms with E-state index in [2.05, 4.69) is 10.4 Å². The van der Waals surface area contributed by atoms with E-state index >= 15 is 0 Å². The number of halogens is 4. The van der Waals surface area contributed by atoms with Gasteiger partial charge in [0.05, 0.1) is 16.7 Å². The van der Waals surface area contributed by atoms with Crippen molar-refractivity contribution in [2.75, 3.05) is 5.32 Å². The molecule has 0 aliphatic rings. The predicted octanol–water partition coefficient (Wildman–Crippen LogP) is 5.41. The molecule has 2 aromatic carbocycles. The Balaban J connectivity index is 1.81. The van der Waals surface area contributed by atoms with E-state index in [1.165, 1.54) is 6.07 Å². The molecular weight excluding hydrogens is 436 g/mol. The van der Waals surface area contributed by atoms with Crippen molar-refractivity contribution in [1.82, 2.24) is 9.78 Å². The van der Waals surface area contributed by atoms with Gasteiger partial charge < -0.3 is 10.1 Å². The third kappa shape index (κ3) is 5.59. The summed E-state index contributed by atoms with van der Waals surface area (Å²) in [6, 6.07) is 10.8. The van der Waals surface area contributed by atoms with Crippen LogP contribution in [0.1, 0.15) is 29.8 Å². The first kappa shape index (κ1) is 22.7. The minimum Gasteiger partial charge on any atom is -0.457 e. The summed E-state index contributed by atoms with van der Waals surface area (Å²) in [5, 5.41) is 16.9. The van der Waals surface area contributed by atoms with Crippen molar-refractivity contribution >= 4 is 17.3 Å². The molecule has 32 heavy (non-hydrogen) atoms. The number of rotatable bonds is 8. The average Bonchev–Trinajstić information content (AvgIpc) is 3.14. The molecule has 0 spiro atoms. The lowest BCUT2D eigenvalue weighted by Crippen LogP contribution is -2.21. The van der Waals surface area contributed by atoms with Crippen LogP contribution < -0.4 is 10.1 Å². The number of nitrogens with one attached hydrogen (secondary N) is 1. The second-order valence-corrected chi connectivity index (χ2v) is 6.69. The number of anilines is 1. The molecule has 3 aromatic rings. The Kier molecular flexibility index (Phi) is 6.71. The minimum atomic E-state index is -3.13. The highest BCUT2D eigenvalue weighted by Crippen LogP contribution is 2.30. The number of benzene rings is 2. The van der Waals surface area contributed by atoms with Crippen LogP contribution >= 0.6 is 0 Å². The summed E-state index contributed by atoms with van der Waals surface area (Å²) < 4.78 is 57.8. The Labute approximate surface area is 178 Å². The normalized spacial score (nSPS) is 11.1. The zero-order valence-electron chi connectivity index (χ0n) is 16.5. The van der Waals surface area contributed by atoms with Crippen LogP contribution in [0.4, 0.5) is 28.9 Å². The Hall–Kier alpha value is -3.96. The number of hydrogen-bond acceptors (Lipinski definition) is 5. The highest BCUT2D eigenvalue weighted by atomic mass is 19.3. The molecule has 0 saturated carbocycles. The average molecular weight is 452 g/mol. The fraction of sp³-hybridized carbons (Fsp3) is 0.200. The number of amides is 1. The molecule has 0 fully saturated rings. The molecule has 0 radical (unpaired) electrons. The number of aromatic nitrogens is 2. The summed E-state index contributed by atoms with van der Waals surface area (Å²) in [6.45, 7) is 1.07. The maximum absolute atomic E-state index is 13.1. The van der Waals surface area contributed by atoms with Gasteiger partial charge >= 0.3 is 0 Å². The molecule has 1 amide bonds. The molecule has 1 aromatic heterocycles. The molecule has 0 unspecified atom stereocenters. The van der Waals surface area contributed by atoms with E-state index in [1.807, 2.05) is 6.92 Å². The molecule has 0 atom stereocenters. The van der Waals surface area contributed by atoms with Gasteiger partial charge in [-0.3, -0.25) is 19.6 Å². The van der Waals surface area contributed by atoms with Crippen LogP contribution in [0.5, 0.6) is 11.5 Å². The summed E-state index contributed by atoms with van der Waals surface area (Å²) in [7, 11) is 0. The van der Waals surface area contributed by atoms with Crippen LogP contribution in [0.3, 0.4) is 0 Å². The van der Waals surface area contributed by atoms with Crippen LogP contribution in [-0.4, -0.2) is 20.6 Å². The lowest BCUT2D eigenvalue weighted by molar-refractivity contribution is -0.384. The number of carbonyl (C=O) groups excluding carboxylic acids is 1. The number of ether oxygens (including phenoxy) is 1. The number of nitro groups is 1. The Bertz CT molecular complexity index is 1130. The number of nitrogens with zero attached hydrogens (tertiary/aromatic N) is 3. The molecule has 1 heterocycles. The van der Waals surface area contributed by atoms with Gasteiger partial charge in [-0.15, -0.1) is 0 Å². The maximum atomic E-state index is 13.1. The highest BCUT2D eigenvalue weighted by Gasteiger charge is 2.22. The van der Waals surface area contributed by atoms with Crippen molar-refractivity contribution in [3.05, 3.63) is 75.6 Å². The van der Waals surface area contributed by atoms with Gasteiger partial charge in [0.2, 0.25) is 5.91 Å². The fourth-order valence-corrected chi connectivity index (χ4v) is 2.76. The van der Waals surface area contributed by atoms with Crippen LogP contribution in [-0.2, 0) is 11.3 Å². The third-order valence-electron chi connectivity index (χ3n) is 4.21. The van der Waals surface area contributed by atoms with Gasteiger partial charge in [-0.2, -0.15) is 5.10 Å². The van der Waals surface area contributed by atoms with Crippen molar-refractivity contribution < 1.29 is 32.0 Å². The van der Waals surface area contributed by atoms with E-state index in [0.29, 0.717) is 16.5 Å². The van der Waals surface area contributed by atoms with Gasteiger partial charge in [-0.25, -0.2) is 17.6 Å². The SMILES string of the molecule is Cc1ccc(Oc2cc(NC(=O)Cn3nc(C(F)F)cc3C(F)F)cc([N+](=O)[O-])c2)cc1. The molecule has 0 saturated heterocycles. The standard InChI is InChI=1S/C20H16F4N4O4/c1-11-2-4-14(5-3-11)32-15-7-12(6-13(8-15)28(30)31)25-18(29)10-27-17(20(23)24)9-16(26-27)19(21)22/h2-9,19-20H,10H2,1H3,(H,25,29). The zero-order valence-corrected chi connectivity index (χ0v) is 16.5. The van der Waals surface area contributed by atoms with Crippen LogP contribution in [0.2, 0.25) is 0 Å². The number of hydrogen-bond donors (Lipinski definition) is 1. The minimum absolute atomic E-state index is 0.0469. The number of nitro benzene ring substituents is 1. The molecule has 0 aliphatic carbocycles. The number of carbonyl (C=O) groups is 1. The molecule has 8 nitrogen and oxygen atoms in total. The molecular formula is C20H16F4N4O4. The second kappa shape index (κ2) is 9.45. The quantitative estimate of drug-likeness (QED) is 0.280. The van der Waals surface area contributed by atoms with Crippen LogP contribution in [0.15, 0.2) is 48.5 Å². The van der Waals surface area contributed by atoms with E-state index in [9.17, 15) is 32.5 Å². The summed E-state index contributed by atoms with van der Waals surface area (Å²) in [5.74, 6) is -0.464. The smallest absolute Gasteiger partial charge is 0.282 e. The van der Waals surface area contributed by atoms with Crippen molar-refractivity contribution in [2.24, 2.45) is 0 Å². The van der Waals surface area contributed by atoms with E-state index in [-0.39, 0.29) is 11.4 Å². The van der Waals surface area contributed by atoms with Crippen LogP contribution in [0.25, 0.3) is 0 Å². The summed E-state index contributed by atoms with van der Waals surface area (Å²) in [6.07, 6.45) is -6.22. The van der Waals surface area contributed by atoms with Gasteiger partial charge in [0.15, 0.2) is 0 Å². The van der Waals surface area contributed by atoms with Crippen molar-refractivity contribution in [3.8, 4) is 11.5 Å². The van der Waals surface area contributed by atoms with E-state index in [0.717, 1.165) is 17.7 Å². The second-order valence-electron chi connectivity index (χ2n) is 6.69. The maximum Gasteiger partial charge on any atom is 0.282 e. The van der Waals surface area contributed by atoms with Crippen LogP contribution in [0, 0.1) is 17.0 Å². The topological polar surface area (TPSA) is 99.3 Å². The first-order valence-corrected chi connectivity index (χ1v) is 9.10. The van der Waals surface area contributed by atoms with Gasteiger partial charge in [0, 0.05) is 12.1 Å². The highest BCUT2D eigenvalue weighted by molar-refractivity contribution is 5.91. The van der Waals surface area contributed by atoms with Gasteiger partial charge in [0.25, 0.3) is 18.5 Å². The first-order chi connectivity index (χ1) is 15.1. The van der Waals surface area contributed by atoms with Crippen molar-refractivity contribution in [2.45, 2.75) is 26.3 Å². The fourth-order valence-electron chi connectivity index (χ4n) is 2.76. The van der Waals surface area contributed by atoms with Gasteiger partial charge in [0.1, 0.15) is 29.4 Å². The molecule has 1 N–H and O–H groups in total. The van der Waals surface area contributed by atoms with E-state index < -0.39 is 47.3 Å². The van der Waals surface area contributed by atoms with Crippen molar-refractivity contribution in [3.63, 3.8) is 0 Å². The third-order valence-corrected chi connectivity index (χ3v) is 4.21. The Morgan fingerprint density at radius 2 is 1.78 bits per heavy atom. The van der Waals surface area contributed by atoms with E-state index in [4.69, 9.17) is 4.74 Å². The lowest BCUT2D eigenvalue weighted by Gasteiger charge is -2.11. The summed E-state index contributed by atoms with van der Waals surface area (Å²) in [4.78, 5) is 22.8. The van der Waals surface area contributed by atoms with Gasteiger partial charge in [-0.05, 0) is 25.1 Å². The summed E-state index contributed by atoms with van der Waals surface area (Å²) >= 11 is 0. The molecule has 168 valence electrons. The molecule has 12 heteroatoms. The lowest BCUT2D eigenvalue weighted by atomic mass is 10.2. The Morgan fingerprint density at radius 1 is 1.09 bits per heavy atom. The number of non-ortho nitro benzene ring substituents is 1. The molecule has 0 bridgehead atoms. The summed E-state index contributed by atoms with van der Waals surface area (Å²) in [5.41, 5.74) is -1.21. The number of aryl methyl sites for hydroxylation is 1. The first-order valence-electron chi connectivity index (χ1n) is 9.10. The Morgan fingerprint density at radius 3 is 2.38 bits per heavy atom. The molecule has 0 aliphatic heterocycles. The zero-order chi connectivity index (χ0) is 23.4. The van der Waals surface area contributed by atoms with Crippen molar-refractivity contribution in [1.29, 1.82) is 0 Å². The number of alkyl halides is 4. The monoisotopic (exact) mass is 452 g/mol.